The summed E-state index contributed by atoms with van der Waals surface area (Å²) in [6.45, 7) is 1.37. The lowest BCUT2D eigenvalue weighted by atomic mass is 10.2. The minimum absolute atomic E-state index is 0.164. The molecular weight excluding hydrogens is 222 g/mol. The van der Waals surface area contributed by atoms with Gasteiger partial charge in [0.2, 0.25) is 0 Å². The zero-order valence-corrected chi connectivity index (χ0v) is 8.43. The smallest absolute Gasteiger partial charge is 0.299 e. The lowest BCUT2D eigenvalue weighted by Gasteiger charge is -2.19. The second kappa shape index (κ2) is 4.48. The Morgan fingerprint density at radius 1 is 1.75 bits per heavy atom. The first-order chi connectivity index (χ1) is 5.75. The van der Waals surface area contributed by atoms with Crippen LogP contribution in [0.1, 0.15) is 6.42 Å². The largest absolute Gasteiger partial charge is 0.379 e. The molecule has 0 aromatic carbocycles. The molecule has 1 unspecified atom stereocenters. The van der Waals surface area contributed by atoms with Crippen molar-refractivity contribution < 1.29 is 9.53 Å². The number of hydrogen-bond acceptors (Lipinski definition) is 2. The zero-order chi connectivity index (χ0) is 8.97. The van der Waals surface area contributed by atoms with Gasteiger partial charge in [-0.05, 0) is 11.3 Å². The molecule has 1 rings (SSSR count). The van der Waals surface area contributed by atoms with Gasteiger partial charge in [-0.1, -0.05) is 0 Å². The van der Waals surface area contributed by atoms with Gasteiger partial charge in [-0.2, -0.15) is 0 Å². The molecule has 4 heteroatoms. The van der Waals surface area contributed by atoms with E-state index in [9.17, 15) is 4.79 Å². The number of ether oxygens (including phenoxy) is 1. The van der Waals surface area contributed by atoms with Crippen LogP contribution in [0, 0.1) is 10.8 Å². The maximum atomic E-state index is 11.2. The van der Waals surface area contributed by atoms with E-state index >= 15 is 0 Å². The Hall–Kier alpha value is -0.530. The van der Waals surface area contributed by atoms with Crippen molar-refractivity contribution in [2.24, 2.45) is 0 Å². The molecule has 66 valence electrons. The number of amides is 1. The first kappa shape index (κ1) is 9.56. The highest BCUT2D eigenvalue weighted by atomic mass is 79.9. The third-order valence-corrected chi connectivity index (χ3v) is 2.13. The van der Waals surface area contributed by atoms with Gasteiger partial charge < -0.3 is 9.64 Å². The third kappa shape index (κ3) is 2.23. The molecule has 1 aliphatic rings. The predicted octanol–water partition coefficient (Wildman–Crippen LogP) is 0.590. The number of likely N-dealkylation sites (N-methyl/N-ethyl adjacent to an activating group) is 1. The molecule has 1 amide bonds. The molecule has 1 atom stereocenters. The predicted molar refractivity (Wildman–Crippen MR) is 48.7 cm³/mol. The Labute approximate surface area is 80.2 Å². The van der Waals surface area contributed by atoms with Crippen molar-refractivity contribution >= 4 is 21.8 Å². The molecule has 0 bridgehead atoms. The third-order valence-electron chi connectivity index (χ3n) is 1.93. The summed E-state index contributed by atoms with van der Waals surface area (Å²) < 4.78 is 5.15. The summed E-state index contributed by atoms with van der Waals surface area (Å²) in [7, 11) is 1.75. The number of rotatable bonds is 1. The first-order valence-electron chi connectivity index (χ1n) is 3.72. The molecule has 1 fully saturated rings. The van der Waals surface area contributed by atoms with Gasteiger partial charge >= 0.3 is 0 Å². The molecule has 0 radical (unpaired) electrons. The normalized spacial score (nSPS) is 21.3. The van der Waals surface area contributed by atoms with Crippen molar-refractivity contribution in [3.63, 3.8) is 0 Å². The minimum atomic E-state index is -0.164. The average Bonchev–Trinajstić information content (AvgIpc) is 2.55. The van der Waals surface area contributed by atoms with E-state index in [0.717, 1.165) is 13.0 Å². The van der Waals surface area contributed by atoms with Crippen molar-refractivity contribution in [3.8, 4) is 10.8 Å². The van der Waals surface area contributed by atoms with Crippen molar-refractivity contribution in [1.29, 1.82) is 0 Å². The summed E-state index contributed by atoms with van der Waals surface area (Å²) in [6.07, 6.45) is 0.909. The molecule has 0 aliphatic carbocycles. The van der Waals surface area contributed by atoms with Gasteiger partial charge in [0.15, 0.2) is 0 Å². The zero-order valence-electron chi connectivity index (χ0n) is 6.84. The van der Waals surface area contributed by atoms with Crippen LogP contribution in [0.4, 0.5) is 0 Å². The summed E-state index contributed by atoms with van der Waals surface area (Å²) in [4.78, 5) is 15.2. The Morgan fingerprint density at radius 3 is 3.00 bits per heavy atom. The van der Waals surface area contributed by atoms with Crippen LogP contribution in [0.3, 0.4) is 0 Å². The van der Waals surface area contributed by atoms with Crippen molar-refractivity contribution in [1.82, 2.24) is 4.90 Å². The monoisotopic (exact) mass is 231 g/mol. The lowest BCUT2D eigenvalue weighted by molar-refractivity contribution is -0.125. The van der Waals surface area contributed by atoms with Gasteiger partial charge in [0, 0.05) is 35.5 Å². The Kier molecular flexibility index (Phi) is 3.57. The SMILES string of the molecule is CN(C(=O)C#CBr)C1CCOC1. The number of halogens is 1. The number of nitrogens with zero attached hydrogens (tertiary/aromatic N) is 1. The first-order valence-corrected chi connectivity index (χ1v) is 4.51. The maximum Gasteiger partial charge on any atom is 0.299 e. The van der Waals surface area contributed by atoms with Crippen molar-refractivity contribution in [2.75, 3.05) is 20.3 Å². The fraction of sp³-hybridized carbons (Fsp3) is 0.625. The van der Waals surface area contributed by atoms with E-state index in [2.05, 4.69) is 26.7 Å². The van der Waals surface area contributed by atoms with Crippen molar-refractivity contribution in [2.45, 2.75) is 12.5 Å². The highest BCUT2D eigenvalue weighted by Crippen LogP contribution is 2.10. The van der Waals surface area contributed by atoms with Crippen LogP contribution in [-0.2, 0) is 9.53 Å². The van der Waals surface area contributed by atoms with Gasteiger partial charge in [0.1, 0.15) is 0 Å². The second-order valence-electron chi connectivity index (χ2n) is 2.65. The van der Waals surface area contributed by atoms with Crippen molar-refractivity contribution in [3.05, 3.63) is 0 Å². The fourth-order valence-corrected chi connectivity index (χ4v) is 1.29. The Bertz CT molecular complexity index is 225. The molecule has 0 aromatic heterocycles. The van der Waals surface area contributed by atoms with Crippen LogP contribution in [-0.4, -0.2) is 37.1 Å². The summed E-state index contributed by atoms with van der Waals surface area (Å²) >= 11 is 2.89. The van der Waals surface area contributed by atoms with Crippen LogP contribution in [0.2, 0.25) is 0 Å². The molecule has 12 heavy (non-hydrogen) atoms. The van der Waals surface area contributed by atoms with Gasteiger partial charge in [-0.15, -0.1) is 0 Å². The summed E-state index contributed by atoms with van der Waals surface area (Å²) in [5.41, 5.74) is 0. The van der Waals surface area contributed by atoms with Crippen LogP contribution >= 0.6 is 15.9 Å². The van der Waals surface area contributed by atoms with Gasteiger partial charge in [0.25, 0.3) is 5.91 Å². The lowest BCUT2D eigenvalue weighted by Crippen LogP contribution is -2.36. The van der Waals surface area contributed by atoms with Crippen LogP contribution < -0.4 is 0 Å². The molecule has 0 saturated carbocycles. The van der Waals surface area contributed by atoms with E-state index in [-0.39, 0.29) is 11.9 Å². The Balaban J connectivity index is 2.48. The maximum absolute atomic E-state index is 11.2. The van der Waals surface area contributed by atoms with Crippen LogP contribution in [0.5, 0.6) is 0 Å². The summed E-state index contributed by atoms with van der Waals surface area (Å²) in [6, 6.07) is 0.200. The van der Waals surface area contributed by atoms with Gasteiger partial charge in [0.05, 0.1) is 12.6 Å². The average molecular weight is 232 g/mol. The van der Waals surface area contributed by atoms with E-state index < -0.39 is 0 Å². The van der Waals surface area contributed by atoms with Gasteiger partial charge in [-0.3, -0.25) is 4.79 Å². The van der Waals surface area contributed by atoms with Gasteiger partial charge in [-0.25, -0.2) is 0 Å². The van der Waals surface area contributed by atoms with E-state index in [1.165, 1.54) is 0 Å². The minimum Gasteiger partial charge on any atom is -0.379 e. The van der Waals surface area contributed by atoms with E-state index in [4.69, 9.17) is 4.74 Å². The van der Waals surface area contributed by atoms with E-state index in [1.54, 1.807) is 11.9 Å². The summed E-state index contributed by atoms with van der Waals surface area (Å²) in [5, 5.41) is 0. The molecule has 3 nitrogen and oxygen atoms in total. The number of hydrogen-bond donors (Lipinski definition) is 0. The number of carbonyl (C=O) groups excluding carboxylic acids is 1. The quantitative estimate of drug-likeness (QED) is 0.619. The van der Waals surface area contributed by atoms with Crippen LogP contribution in [0.15, 0.2) is 0 Å². The molecule has 0 N–H and O–H groups in total. The number of carbonyl (C=O) groups is 1. The summed E-state index contributed by atoms with van der Waals surface area (Å²) in [5.74, 6) is 2.26. The molecule has 1 heterocycles. The van der Waals surface area contributed by atoms with E-state index in [0.29, 0.717) is 6.61 Å². The van der Waals surface area contributed by atoms with Crippen LogP contribution in [0.25, 0.3) is 0 Å². The van der Waals surface area contributed by atoms with E-state index in [1.807, 2.05) is 0 Å². The fourth-order valence-electron chi connectivity index (χ4n) is 1.12. The molecule has 1 saturated heterocycles. The molecule has 0 spiro atoms. The Morgan fingerprint density at radius 2 is 2.50 bits per heavy atom. The highest BCUT2D eigenvalue weighted by Gasteiger charge is 2.22. The highest BCUT2D eigenvalue weighted by molar-refractivity contribution is 9.12. The topological polar surface area (TPSA) is 29.5 Å². The second-order valence-corrected chi connectivity index (χ2v) is 3.05. The molecular formula is C8H10BrNO2. The molecule has 0 aromatic rings. The standard InChI is InChI=1S/C8H10BrNO2/c1-10(8(11)2-4-9)7-3-5-12-6-7/h7H,3,5-6H2,1H3. The molecule has 1 aliphatic heterocycles.